The second kappa shape index (κ2) is 3.51. The maximum absolute atomic E-state index is 11.2. The van der Waals surface area contributed by atoms with Crippen molar-refractivity contribution in [3.63, 3.8) is 0 Å². The van der Waals surface area contributed by atoms with Gasteiger partial charge >= 0.3 is 5.97 Å². The van der Waals surface area contributed by atoms with Gasteiger partial charge in [0, 0.05) is 12.6 Å². The van der Waals surface area contributed by atoms with Crippen molar-refractivity contribution >= 4 is 11.7 Å². The number of fused-ring (bicyclic) bond motifs is 1. The number of hydrogen-bond donors (Lipinski definition) is 1. The lowest BCUT2D eigenvalue weighted by atomic mass is 10.1. The van der Waals surface area contributed by atoms with Crippen LogP contribution < -0.4 is 4.90 Å². The van der Waals surface area contributed by atoms with Crippen LogP contribution in [-0.4, -0.2) is 23.7 Å². The molecule has 3 heteroatoms. The number of piperidine rings is 1. The third-order valence-electron chi connectivity index (χ3n) is 3.70. The molecule has 0 radical (unpaired) electrons. The summed E-state index contributed by atoms with van der Waals surface area (Å²) >= 11 is 0. The molecule has 0 bridgehead atoms. The van der Waals surface area contributed by atoms with Gasteiger partial charge in [0.25, 0.3) is 0 Å². The monoisotopic (exact) mass is 217 g/mol. The summed E-state index contributed by atoms with van der Waals surface area (Å²) in [6.45, 7) is 1.01. The minimum Gasteiger partial charge on any atom is -0.478 e. The molecule has 1 aliphatic carbocycles. The number of benzene rings is 1. The molecule has 1 aromatic carbocycles. The molecule has 2 unspecified atom stereocenters. The first-order valence-electron chi connectivity index (χ1n) is 5.86. The van der Waals surface area contributed by atoms with E-state index in [1.165, 1.54) is 19.3 Å². The van der Waals surface area contributed by atoms with Gasteiger partial charge in [0.2, 0.25) is 0 Å². The number of carboxylic acid groups (broad SMARTS) is 1. The molecule has 1 aromatic rings. The standard InChI is InChI=1S/C13H15NO2/c15-13(16)10-5-1-2-6-11(10)14-7-3-4-9-8-12(9)14/h1-2,5-6,9,12H,3-4,7-8H2,(H,15,16). The molecule has 3 rings (SSSR count). The molecule has 2 atom stereocenters. The van der Waals surface area contributed by atoms with E-state index in [0.717, 1.165) is 18.2 Å². The Morgan fingerprint density at radius 2 is 2.19 bits per heavy atom. The summed E-state index contributed by atoms with van der Waals surface area (Å²) in [6, 6.07) is 7.96. The maximum Gasteiger partial charge on any atom is 0.337 e. The molecule has 84 valence electrons. The van der Waals surface area contributed by atoms with E-state index < -0.39 is 5.97 Å². The number of carbonyl (C=O) groups is 1. The molecule has 2 fully saturated rings. The van der Waals surface area contributed by atoms with E-state index in [-0.39, 0.29) is 0 Å². The maximum atomic E-state index is 11.2. The van der Waals surface area contributed by atoms with Crippen LogP contribution >= 0.6 is 0 Å². The van der Waals surface area contributed by atoms with E-state index in [9.17, 15) is 4.79 Å². The molecular formula is C13H15NO2. The van der Waals surface area contributed by atoms with Crippen LogP contribution in [-0.2, 0) is 0 Å². The van der Waals surface area contributed by atoms with Crippen molar-refractivity contribution < 1.29 is 9.90 Å². The Balaban J connectivity index is 1.96. The summed E-state index contributed by atoms with van der Waals surface area (Å²) in [5.41, 5.74) is 1.34. The average Bonchev–Trinajstić information content (AvgIpc) is 3.07. The molecule has 16 heavy (non-hydrogen) atoms. The third kappa shape index (κ3) is 1.47. The van der Waals surface area contributed by atoms with Crippen molar-refractivity contribution in [1.82, 2.24) is 0 Å². The molecule has 0 spiro atoms. The van der Waals surface area contributed by atoms with Gasteiger partial charge in [0.15, 0.2) is 0 Å². The van der Waals surface area contributed by atoms with Crippen LogP contribution in [0, 0.1) is 5.92 Å². The van der Waals surface area contributed by atoms with Crippen LogP contribution in [0.25, 0.3) is 0 Å². The fraction of sp³-hybridized carbons (Fsp3) is 0.462. The second-order valence-electron chi connectivity index (χ2n) is 4.72. The fourth-order valence-electron chi connectivity index (χ4n) is 2.82. The SMILES string of the molecule is O=C(O)c1ccccc1N1CCCC2CC21. The zero-order valence-electron chi connectivity index (χ0n) is 9.10. The predicted molar refractivity (Wildman–Crippen MR) is 61.9 cm³/mol. The number of hydrogen-bond acceptors (Lipinski definition) is 2. The Morgan fingerprint density at radius 3 is 3.00 bits per heavy atom. The smallest absolute Gasteiger partial charge is 0.337 e. The first kappa shape index (κ1) is 9.70. The molecule has 0 aromatic heterocycles. The highest BCUT2D eigenvalue weighted by Crippen LogP contribution is 2.45. The largest absolute Gasteiger partial charge is 0.478 e. The zero-order valence-corrected chi connectivity index (χ0v) is 9.10. The van der Waals surface area contributed by atoms with Gasteiger partial charge in [-0.2, -0.15) is 0 Å². The van der Waals surface area contributed by atoms with Gasteiger partial charge < -0.3 is 10.0 Å². The zero-order chi connectivity index (χ0) is 11.1. The summed E-state index contributed by atoms with van der Waals surface area (Å²) in [7, 11) is 0. The van der Waals surface area contributed by atoms with Gasteiger partial charge in [-0.15, -0.1) is 0 Å². The highest BCUT2D eigenvalue weighted by Gasteiger charge is 2.44. The van der Waals surface area contributed by atoms with Crippen LogP contribution in [0.1, 0.15) is 29.6 Å². The lowest BCUT2D eigenvalue weighted by Gasteiger charge is -2.29. The third-order valence-corrected chi connectivity index (χ3v) is 3.70. The summed E-state index contributed by atoms with van der Waals surface area (Å²) < 4.78 is 0. The van der Waals surface area contributed by atoms with Crippen LogP contribution in [0.5, 0.6) is 0 Å². The molecule has 1 heterocycles. The molecule has 3 nitrogen and oxygen atoms in total. The fourth-order valence-corrected chi connectivity index (χ4v) is 2.82. The topological polar surface area (TPSA) is 40.5 Å². The van der Waals surface area contributed by atoms with Crippen molar-refractivity contribution in [2.45, 2.75) is 25.3 Å². The molecule has 1 N–H and O–H groups in total. The number of anilines is 1. The summed E-state index contributed by atoms with van der Waals surface area (Å²) in [4.78, 5) is 13.4. The normalized spacial score (nSPS) is 27.4. The first-order chi connectivity index (χ1) is 7.77. The molecule has 0 amide bonds. The Labute approximate surface area is 94.7 Å². The molecular weight excluding hydrogens is 202 g/mol. The summed E-state index contributed by atoms with van der Waals surface area (Å²) in [6.07, 6.45) is 3.75. The highest BCUT2D eigenvalue weighted by molar-refractivity contribution is 5.94. The molecule has 1 saturated carbocycles. The molecule has 1 aliphatic heterocycles. The minimum absolute atomic E-state index is 0.440. The van der Waals surface area contributed by atoms with Gasteiger partial charge in [-0.3, -0.25) is 0 Å². The average molecular weight is 217 g/mol. The van der Waals surface area contributed by atoms with E-state index in [1.807, 2.05) is 12.1 Å². The first-order valence-corrected chi connectivity index (χ1v) is 5.86. The highest BCUT2D eigenvalue weighted by atomic mass is 16.4. The van der Waals surface area contributed by atoms with Crippen molar-refractivity contribution in [2.24, 2.45) is 5.92 Å². The van der Waals surface area contributed by atoms with Crippen molar-refractivity contribution in [3.8, 4) is 0 Å². The van der Waals surface area contributed by atoms with E-state index in [4.69, 9.17) is 5.11 Å². The van der Waals surface area contributed by atoms with E-state index >= 15 is 0 Å². The van der Waals surface area contributed by atoms with Crippen LogP contribution in [0.15, 0.2) is 24.3 Å². The van der Waals surface area contributed by atoms with E-state index in [1.54, 1.807) is 12.1 Å². The Kier molecular flexibility index (Phi) is 2.13. The van der Waals surface area contributed by atoms with Crippen molar-refractivity contribution in [2.75, 3.05) is 11.4 Å². The van der Waals surface area contributed by atoms with Crippen LogP contribution in [0.2, 0.25) is 0 Å². The summed E-state index contributed by atoms with van der Waals surface area (Å²) in [5.74, 6) is -0.00558. The number of carboxylic acids is 1. The molecule has 1 saturated heterocycles. The number of para-hydroxylation sites is 1. The summed E-state index contributed by atoms with van der Waals surface area (Å²) in [5, 5.41) is 9.17. The Bertz CT molecular complexity index is 430. The quantitative estimate of drug-likeness (QED) is 0.826. The molecule has 2 aliphatic rings. The number of aromatic carboxylic acids is 1. The van der Waals surface area contributed by atoms with Gasteiger partial charge in [0.1, 0.15) is 0 Å². The lowest BCUT2D eigenvalue weighted by molar-refractivity contribution is 0.0697. The van der Waals surface area contributed by atoms with Gasteiger partial charge in [0.05, 0.1) is 11.3 Å². The van der Waals surface area contributed by atoms with Gasteiger partial charge in [-0.1, -0.05) is 12.1 Å². The second-order valence-corrected chi connectivity index (χ2v) is 4.72. The van der Waals surface area contributed by atoms with E-state index in [2.05, 4.69) is 4.90 Å². The van der Waals surface area contributed by atoms with Crippen molar-refractivity contribution in [3.05, 3.63) is 29.8 Å². The minimum atomic E-state index is -0.821. The predicted octanol–water partition coefficient (Wildman–Crippen LogP) is 2.37. The van der Waals surface area contributed by atoms with Gasteiger partial charge in [-0.05, 0) is 37.3 Å². The van der Waals surface area contributed by atoms with Crippen molar-refractivity contribution in [1.29, 1.82) is 0 Å². The number of nitrogens with zero attached hydrogens (tertiary/aromatic N) is 1. The Hall–Kier alpha value is -1.51. The lowest BCUT2D eigenvalue weighted by Crippen LogP contribution is -2.32. The number of rotatable bonds is 2. The Morgan fingerprint density at radius 1 is 1.38 bits per heavy atom. The van der Waals surface area contributed by atoms with Crippen LogP contribution in [0.3, 0.4) is 0 Å². The van der Waals surface area contributed by atoms with E-state index in [0.29, 0.717) is 11.6 Å². The van der Waals surface area contributed by atoms with Gasteiger partial charge in [-0.25, -0.2) is 4.79 Å². The van der Waals surface area contributed by atoms with Crippen LogP contribution in [0.4, 0.5) is 5.69 Å².